The number of rotatable bonds is 1. The van der Waals surface area contributed by atoms with Gasteiger partial charge >= 0.3 is 0 Å². The molecule has 1 heteroatoms. The van der Waals surface area contributed by atoms with Gasteiger partial charge in [-0.05, 0) is 30.0 Å². The highest BCUT2D eigenvalue weighted by molar-refractivity contribution is 5.36. The van der Waals surface area contributed by atoms with Crippen LogP contribution in [-0.2, 0) is 0 Å². The van der Waals surface area contributed by atoms with E-state index < -0.39 is 0 Å². The fourth-order valence-electron chi connectivity index (χ4n) is 0.907. The molecule has 0 amide bonds. The van der Waals surface area contributed by atoms with Crippen molar-refractivity contribution in [2.45, 2.75) is 26.7 Å². The first-order valence-corrected chi connectivity index (χ1v) is 3.83. The Morgan fingerprint density at radius 2 is 2.09 bits per heavy atom. The van der Waals surface area contributed by atoms with Gasteiger partial charge in [-0.15, -0.1) is 0 Å². The molecule has 0 saturated heterocycles. The third-order valence-corrected chi connectivity index (χ3v) is 1.77. The Morgan fingerprint density at radius 1 is 1.45 bits per heavy atom. The third kappa shape index (κ3) is 1.73. The lowest BCUT2D eigenvalue weighted by Gasteiger charge is -2.06. The molecule has 0 aliphatic heterocycles. The van der Waals surface area contributed by atoms with E-state index in [1.807, 2.05) is 26.0 Å². The fourth-order valence-corrected chi connectivity index (χ4v) is 0.907. The van der Waals surface area contributed by atoms with Crippen LogP contribution in [0.1, 0.15) is 32.3 Å². The first-order chi connectivity index (χ1) is 5.54. The van der Waals surface area contributed by atoms with E-state index >= 15 is 0 Å². The molecule has 0 fully saturated rings. The Balaban J connectivity index is 3.27. The highest BCUT2D eigenvalue weighted by Gasteiger charge is 2.00. The molecule has 1 aromatic carbocycles. The minimum atomic E-state index is 0.112. The van der Waals surface area contributed by atoms with Gasteiger partial charge in [-0.25, -0.2) is 0 Å². The second-order valence-electron chi connectivity index (χ2n) is 3.10. The third-order valence-electron chi connectivity index (χ3n) is 1.77. The Morgan fingerprint density at radius 3 is 2.64 bits per heavy atom. The van der Waals surface area contributed by atoms with Crippen LogP contribution in [0.15, 0.2) is 18.2 Å². The van der Waals surface area contributed by atoms with Gasteiger partial charge in [0.05, 0.1) is 1.37 Å². The maximum absolute atomic E-state index is 9.45. The maximum Gasteiger partial charge on any atom is 0.118 e. The molecule has 60 valence electrons. The molecule has 0 aromatic heterocycles. The molecule has 0 heterocycles. The molecule has 0 saturated carbocycles. The van der Waals surface area contributed by atoms with E-state index in [1.165, 1.54) is 0 Å². The Hall–Kier alpha value is -0.980. The summed E-state index contributed by atoms with van der Waals surface area (Å²) in [5.74, 6) is 0.408. The number of benzene rings is 1. The maximum atomic E-state index is 9.45. The average Bonchev–Trinajstić information content (AvgIpc) is 2.00. The van der Waals surface area contributed by atoms with E-state index in [1.54, 1.807) is 6.92 Å². The van der Waals surface area contributed by atoms with Crippen LogP contribution in [0, 0.1) is 6.92 Å². The van der Waals surface area contributed by atoms with Crippen LogP contribution in [0.5, 0.6) is 5.75 Å². The lowest BCUT2D eigenvalue weighted by molar-refractivity contribution is 0.470. The SMILES string of the molecule is [2H]c1c(C(C)C)ccc(C)c1O. The standard InChI is InChI=1S/C10H14O/c1-7(2)9-5-4-8(3)10(11)6-9/h4-7,11H,1-3H3/i6D. The second kappa shape index (κ2) is 2.95. The van der Waals surface area contributed by atoms with Crippen molar-refractivity contribution < 1.29 is 6.48 Å². The molecular formula is C10H14O. The van der Waals surface area contributed by atoms with E-state index in [0.717, 1.165) is 11.1 Å². The normalized spacial score (nSPS) is 11.8. The summed E-state index contributed by atoms with van der Waals surface area (Å²) in [4.78, 5) is 0. The van der Waals surface area contributed by atoms with E-state index in [9.17, 15) is 5.11 Å². The molecule has 0 atom stereocenters. The monoisotopic (exact) mass is 151 g/mol. The number of phenolic OH excluding ortho intramolecular Hbond substituents is 1. The first kappa shape index (κ1) is 6.71. The summed E-state index contributed by atoms with van der Waals surface area (Å²) in [6, 6.07) is 4.02. The van der Waals surface area contributed by atoms with Gasteiger partial charge < -0.3 is 5.11 Å². The van der Waals surface area contributed by atoms with Gasteiger partial charge in [-0.3, -0.25) is 0 Å². The molecule has 11 heavy (non-hydrogen) atoms. The zero-order valence-corrected chi connectivity index (χ0v) is 7.18. The molecule has 1 nitrogen and oxygen atoms in total. The zero-order valence-electron chi connectivity index (χ0n) is 8.18. The number of phenols is 1. The van der Waals surface area contributed by atoms with Crippen molar-refractivity contribution in [1.29, 1.82) is 0 Å². The number of hydrogen-bond acceptors (Lipinski definition) is 1. The molecule has 0 aliphatic rings. The van der Waals surface area contributed by atoms with Gasteiger partial charge in [0.2, 0.25) is 0 Å². The van der Waals surface area contributed by atoms with Gasteiger partial charge in [0.1, 0.15) is 5.75 Å². The highest BCUT2D eigenvalue weighted by atomic mass is 16.3. The molecule has 1 rings (SSSR count). The molecule has 0 aliphatic carbocycles. The topological polar surface area (TPSA) is 20.2 Å². The smallest absolute Gasteiger partial charge is 0.118 e. The van der Waals surface area contributed by atoms with Crippen molar-refractivity contribution in [3.05, 3.63) is 29.3 Å². The predicted molar refractivity (Wildman–Crippen MR) is 46.9 cm³/mol. The summed E-state index contributed by atoms with van der Waals surface area (Å²) in [5.41, 5.74) is 1.67. The van der Waals surface area contributed by atoms with Crippen LogP contribution in [0.3, 0.4) is 0 Å². The Labute approximate surface area is 69.1 Å². The van der Waals surface area contributed by atoms with Crippen molar-refractivity contribution in [2.24, 2.45) is 0 Å². The van der Waals surface area contributed by atoms with E-state index in [4.69, 9.17) is 1.37 Å². The zero-order chi connectivity index (χ0) is 9.30. The summed E-state index contributed by atoms with van der Waals surface area (Å²) in [7, 11) is 0. The number of aryl methyl sites for hydroxylation is 1. The first-order valence-electron chi connectivity index (χ1n) is 4.33. The molecule has 0 radical (unpaired) electrons. The number of hydrogen-bond donors (Lipinski definition) is 1. The summed E-state index contributed by atoms with van der Waals surface area (Å²) < 4.78 is 7.62. The van der Waals surface area contributed by atoms with Gasteiger partial charge in [0.15, 0.2) is 0 Å². The van der Waals surface area contributed by atoms with Crippen molar-refractivity contribution in [1.82, 2.24) is 0 Å². The van der Waals surface area contributed by atoms with Crippen molar-refractivity contribution in [2.75, 3.05) is 0 Å². The lowest BCUT2D eigenvalue weighted by Crippen LogP contribution is -1.86. The summed E-state index contributed by atoms with van der Waals surface area (Å²) in [6.45, 7) is 5.84. The summed E-state index contributed by atoms with van der Waals surface area (Å²) >= 11 is 0. The second-order valence-corrected chi connectivity index (χ2v) is 3.10. The van der Waals surface area contributed by atoms with E-state index in [2.05, 4.69) is 0 Å². The molecular weight excluding hydrogens is 136 g/mol. The Bertz CT molecular complexity index is 292. The average molecular weight is 151 g/mol. The molecule has 0 unspecified atom stereocenters. The van der Waals surface area contributed by atoms with Gasteiger partial charge in [-0.2, -0.15) is 0 Å². The van der Waals surface area contributed by atoms with Crippen LogP contribution in [0.25, 0.3) is 0 Å². The molecule has 1 aromatic rings. The van der Waals surface area contributed by atoms with Crippen molar-refractivity contribution in [3.8, 4) is 5.75 Å². The van der Waals surface area contributed by atoms with Crippen LogP contribution in [-0.4, -0.2) is 5.11 Å². The largest absolute Gasteiger partial charge is 0.508 e. The lowest BCUT2D eigenvalue weighted by atomic mass is 10.0. The van der Waals surface area contributed by atoms with Crippen molar-refractivity contribution in [3.63, 3.8) is 0 Å². The summed E-state index contributed by atoms with van der Waals surface area (Å²) in [6.07, 6.45) is 0. The van der Waals surface area contributed by atoms with Gasteiger partial charge in [-0.1, -0.05) is 26.0 Å². The Kier molecular flexibility index (Phi) is 1.80. The van der Waals surface area contributed by atoms with Crippen molar-refractivity contribution >= 4 is 0 Å². The number of aromatic hydroxyl groups is 1. The van der Waals surface area contributed by atoms with Crippen LogP contribution >= 0.6 is 0 Å². The van der Waals surface area contributed by atoms with Crippen LogP contribution in [0.2, 0.25) is 0 Å². The van der Waals surface area contributed by atoms with Gasteiger partial charge in [0.25, 0.3) is 0 Å². The van der Waals surface area contributed by atoms with E-state index in [-0.39, 0.29) is 11.8 Å². The minimum Gasteiger partial charge on any atom is -0.508 e. The fraction of sp³-hybridized carbons (Fsp3) is 0.400. The van der Waals surface area contributed by atoms with Crippen LogP contribution < -0.4 is 0 Å². The predicted octanol–water partition coefficient (Wildman–Crippen LogP) is 2.82. The molecule has 0 bridgehead atoms. The quantitative estimate of drug-likeness (QED) is 0.654. The molecule has 1 N–H and O–H groups in total. The van der Waals surface area contributed by atoms with Gasteiger partial charge in [0, 0.05) is 0 Å². The highest BCUT2D eigenvalue weighted by Crippen LogP contribution is 2.22. The van der Waals surface area contributed by atoms with Crippen LogP contribution in [0.4, 0.5) is 0 Å². The minimum absolute atomic E-state index is 0.112. The summed E-state index contributed by atoms with van der Waals surface area (Å²) in [5, 5.41) is 9.45. The molecule has 0 spiro atoms. The van der Waals surface area contributed by atoms with E-state index in [0.29, 0.717) is 5.92 Å².